The molecule has 2 N–H and O–H groups in total. The van der Waals surface area contributed by atoms with E-state index in [0.717, 1.165) is 25.3 Å². The maximum atomic E-state index is 11.8. The molecule has 0 aromatic heterocycles. The highest BCUT2D eigenvalue weighted by Crippen LogP contribution is 2.45. The molecule has 1 saturated heterocycles. The van der Waals surface area contributed by atoms with Gasteiger partial charge in [0.05, 0.1) is 0 Å². The van der Waals surface area contributed by atoms with Gasteiger partial charge in [0.25, 0.3) is 0 Å². The van der Waals surface area contributed by atoms with Crippen LogP contribution in [0.5, 0.6) is 0 Å². The molecule has 78 valence electrons. The first kappa shape index (κ1) is 8.72. The molecule has 0 radical (unpaired) electrons. The van der Waals surface area contributed by atoms with Crippen molar-refractivity contribution in [3.63, 3.8) is 0 Å². The number of hydrogen-bond acceptors (Lipinski definition) is 2. The van der Waals surface area contributed by atoms with Gasteiger partial charge >= 0.3 is 0 Å². The van der Waals surface area contributed by atoms with Gasteiger partial charge in [-0.05, 0) is 38.1 Å². The van der Waals surface area contributed by atoms with Crippen LogP contribution in [0.15, 0.2) is 0 Å². The predicted octanol–water partition coefficient (Wildman–Crippen LogP) is 0.653. The second kappa shape index (κ2) is 2.72. The van der Waals surface area contributed by atoms with Gasteiger partial charge < -0.3 is 10.6 Å². The molecular formula is C11H18N2O. The van der Waals surface area contributed by atoms with Gasteiger partial charge in [0, 0.05) is 17.5 Å². The summed E-state index contributed by atoms with van der Waals surface area (Å²) in [7, 11) is 0. The number of piperidine rings is 1. The van der Waals surface area contributed by atoms with Gasteiger partial charge in [0.1, 0.15) is 0 Å². The number of amides is 1. The first-order valence-corrected chi connectivity index (χ1v) is 5.72. The minimum absolute atomic E-state index is 0.0121. The summed E-state index contributed by atoms with van der Waals surface area (Å²) < 4.78 is 0. The number of hydrogen-bond donors (Lipinski definition) is 2. The van der Waals surface area contributed by atoms with Crippen LogP contribution < -0.4 is 10.6 Å². The standard InChI is InChI=1S/C11H18N2O/c1-11(2-3-11)10(14)13-9-5-7-4-8(9)12-6-7/h7-9,12H,2-6H2,1H3,(H,13,14). The van der Waals surface area contributed by atoms with Crippen molar-refractivity contribution >= 4 is 5.91 Å². The summed E-state index contributed by atoms with van der Waals surface area (Å²) in [5.41, 5.74) is -0.0121. The Bertz CT molecular complexity index is 272. The van der Waals surface area contributed by atoms with E-state index >= 15 is 0 Å². The van der Waals surface area contributed by atoms with Crippen molar-refractivity contribution in [2.24, 2.45) is 11.3 Å². The molecule has 3 nitrogen and oxygen atoms in total. The molecule has 3 aliphatic rings. The van der Waals surface area contributed by atoms with Crippen molar-refractivity contribution in [2.45, 2.75) is 44.7 Å². The topological polar surface area (TPSA) is 41.1 Å². The van der Waals surface area contributed by atoms with Crippen LogP contribution in [0.2, 0.25) is 0 Å². The lowest BCUT2D eigenvalue weighted by Crippen LogP contribution is -2.49. The number of nitrogens with one attached hydrogen (secondary N) is 2. The number of carbonyl (C=O) groups is 1. The molecule has 1 aliphatic heterocycles. The van der Waals surface area contributed by atoms with E-state index in [1.807, 2.05) is 0 Å². The Hall–Kier alpha value is -0.570. The zero-order chi connectivity index (χ0) is 9.76. The number of carbonyl (C=O) groups excluding carboxylic acids is 1. The maximum absolute atomic E-state index is 11.8. The molecule has 0 aromatic carbocycles. The molecule has 3 fully saturated rings. The molecule has 3 atom stereocenters. The van der Waals surface area contributed by atoms with E-state index in [2.05, 4.69) is 17.6 Å². The normalized spacial score (nSPS) is 42.5. The molecule has 2 bridgehead atoms. The summed E-state index contributed by atoms with van der Waals surface area (Å²) in [4.78, 5) is 11.8. The molecule has 0 aromatic rings. The summed E-state index contributed by atoms with van der Waals surface area (Å²) in [6.07, 6.45) is 4.61. The summed E-state index contributed by atoms with van der Waals surface area (Å²) in [6, 6.07) is 0.977. The van der Waals surface area contributed by atoms with Gasteiger partial charge in [-0.1, -0.05) is 6.92 Å². The van der Waals surface area contributed by atoms with Gasteiger partial charge in [-0.15, -0.1) is 0 Å². The third-order valence-corrected chi connectivity index (χ3v) is 4.19. The number of rotatable bonds is 2. The van der Waals surface area contributed by atoms with E-state index < -0.39 is 0 Å². The van der Waals surface area contributed by atoms with Crippen molar-refractivity contribution < 1.29 is 4.79 Å². The van der Waals surface area contributed by atoms with Crippen molar-refractivity contribution in [1.29, 1.82) is 0 Å². The third-order valence-electron chi connectivity index (χ3n) is 4.19. The molecule has 1 amide bonds. The smallest absolute Gasteiger partial charge is 0.226 e. The van der Waals surface area contributed by atoms with Crippen LogP contribution in [0.25, 0.3) is 0 Å². The molecule has 2 saturated carbocycles. The fraction of sp³-hybridized carbons (Fsp3) is 0.909. The lowest BCUT2D eigenvalue weighted by atomic mass is 10.0. The highest BCUT2D eigenvalue weighted by atomic mass is 16.2. The zero-order valence-electron chi connectivity index (χ0n) is 8.68. The second-order valence-electron chi connectivity index (χ2n) is 5.49. The van der Waals surface area contributed by atoms with Crippen LogP contribution in [0.1, 0.15) is 32.6 Å². The van der Waals surface area contributed by atoms with E-state index in [-0.39, 0.29) is 11.3 Å². The highest BCUT2D eigenvalue weighted by Gasteiger charge is 2.47. The van der Waals surface area contributed by atoms with Gasteiger partial charge in [-0.25, -0.2) is 0 Å². The average molecular weight is 194 g/mol. The molecule has 14 heavy (non-hydrogen) atoms. The van der Waals surface area contributed by atoms with Crippen molar-refractivity contribution in [3.05, 3.63) is 0 Å². The average Bonchev–Trinajstić information content (AvgIpc) is 2.63. The van der Waals surface area contributed by atoms with Gasteiger partial charge in [-0.2, -0.15) is 0 Å². The van der Waals surface area contributed by atoms with Crippen LogP contribution in [-0.4, -0.2) is 24.5 Å². The first-order valence-electron chi connectivity index (χ1n) is 5.72. The molecule has 3 heteroatoms. The Morgan fingerprint density at radius 2 is 2.21 bits per heavy atom. The molecule has 0 spiro atoms. The molecule has 1 heterocycles. The molecule has 3 rings (SSSR count). The van der Waals surface area contributed by atoms with Crippen LogP contribution in [0, 0.1) is 11.3 Å². The van der Waals surface area contributed by atoms with E-state index in [0.29, 0.717) is 12.1 Å². The fourth-order valence-corrected chi connectivity index (χ4v) is 2.77. The summed E-state index contributed by atoms with van der Waals surface area (Å²) >= 11 is 0. The van der Waals surface area contributed by atoms with Crippen molar-refractivity contribution in [1.82, 2.24) is 10.6 Å². The first-order chi connectivity index (χ1) is 6.67. The van der Waals surface area contributed by atoms with Crippen molar-refractivity contribution in [3.8, 4) is 0 Å². The van der Waals surface area contributed by atoms with Gasteiger partial charge in [0.15, 0.2) is 0 Å². The maximum Gasteiger partial charge on any atom is 0.226 e. The van der Waals surface area contributed by atoms with Crippen LogP contribution >= 0.6 is 0 Å². The van der Waals surface area contributed by atoms with E-state index in [1.165, 1.54) is 12.8 Å². The second-order valence-corrected chi connectivity index (χ2v) is 5.49. The Labute approximate surface area is 84.6 Å². The Kier molecular flexibility index (Phi) is 1.69. The van der Waals surface area contributed by atoms with Crippen LogP contribution in [0.3, 0.4) is 0 Å². The van der Waals surface area contributed by atoms with E-state index in [1.54, 1.807) is 0 Å². The number of fused-ring (bicyclic) bond motifs is 2. The van der Waals surface area contributed by atoms with Gasteiger partial charge in [-0.3, -0.25) is 4.79 Å². The van der Waals surface area contributed by atoms with Crippen LogP contribution in [-0.2, 0) is 4.79 Å². The summed E-state index contributed by atoms with van der Waals surface area (Å²) in [5.74, 6) is 1.11. The minimum Gasteiger partial charge on any atom is -0.351 e. The van der Waals surface area contributed by atoms with Gasteiger partial charge in [0.2, 0.25) is 5.91 Å². The van der Waals surface area contributed by atoms with Crippen molar-refractivity contribution in [2.75, 3.05) is 6.54 Å². The Morgan fingerprint density at radius 1 is 1.43 bits per heavy atom. The third kappa shape index (κ3) is 1.26. The monoisotopic (exact) mass is 194 g/mol. The SMILES string of the molecule is CC1(C(=O)NC2CC3CNC2C3)CC1. The quantitative estimate of drug-likeness (QED) is 0.678. The Balaban J connectivity index is 1.60. The lowest BCUT2D eigenvalue weighted by molar-refractivity contribution is -0.126. The summed E-state index contributed by atoms with van der Waals surface area (Å²) in [5, 5.41) is 6.68. The predicted molar refractivity (Wildman–Crippen MR) is 53.8 cm³/mol. The summed E-state index contributed by atoms with van der Waals surface area (Å²) in [6.45, 7) is 3.23. The fourth-order valence-electron chi connectivity index (χ4n) is 2.77. The van der Waals surface area contributed by atoms with Crippen LogP contribution in [0.4, 0.5) is 0 Å². The Morgan fingerprint density at radius 3 is 2.71 bits per heavy atom. The van der Waals surface area contributed by atoms with E-state index in [9.17, 15) is 4.79 Å². The molecule has 2 aliphatic carbocycles. The minimum atomic E-state index is -0.0121. The lowest BCUT2D eigenvalue weighted by Gasteiger charge is -2.25. The largest absolute Gasteiger partial charge is 0.351 e. The molecule has 3 unspecified atom stereocenters. The van der Waals surface area contributed by atoms with E-state index in [4.69, 9.17) is 0 Å². The zero-order valence-corrected chi connectivity index (χ0v) is 8.68. The highest BCUT2D eigenvalue weighted by molar-refractivity contribution is 5.85. The molecular weight excluding hydrogens is 176 g/mol.